The van der Waals surface area contributed by atoms with Gasteiger partial charge in [0.25, 0.3) is 0 Å². The van der Waals surface area contributed by atoms with Gasteiger partial charge in [0.2, 0.25) is 0 Å². The molecule has 0 amide bonds. The lowest BCUT2D eigenvalue weighted by molar-refractivity contribution is 0.955. The predicted molar refractivity (Wildman–Crippen MR) is 83.3 cm³/mol. The van der Waals surface area contributed by atoms with E-state index >= 15 is 0 Å². The normalized spacial score (nSPS) is 20.2. The minimum atomic E-state index is 0.512. The van der Waals surface area contributed by atoms with Crippen molar-refractivity contribution in [3.05, 3.63) is 70.2 Å². The van der Waals surface area contributed by atoms with E-state index in [4.69, 9.17) is 11.6 Å². The number of benzene rings is 2. The van der Waals surface area contributed by atoms with Crippen LogP contribution in [0.2, 0.25) is 5.02 Å². The van der Waals surface area contributed by atoms with Gasteiger partial charge in [-0.3, -0.25) is 0 Å². The van der Waals surface area contributed by atoms with E-state index in [1.807, 2.05) is 23.9 Å². The first kappa shape index (κ1) is 11.4. The number of anilines is 2. The van der Waals surface area contributed by atoms with Crippen molar-refractivity contribution in [3.8, 4) is 0 Å². The quantitative estimate of drug-likeness (QED) is 0.712. The standard InChI is InChI=1S/C16H12ClNS/c17-11-6-7-13-14-9-19-10-16(14)18(15(13)8-11)12-4-2-1-3-5-12/h1-8,10,14H,9H2. The molecule has 2 aliphatic rings. The van der Waals surface area contributed by atoms with Gasteiger partial charge in [-0.05, 0) is 35.2 Å². The molecule has 2 aromatic carbocycles. The lowest BCUT2D eigenvalue weighted by atomic mass is 10.0. The number of hydrogen-bond acceptors (Lipinski definition) is 2. The summed E-state index contributed by atoms with van der Waals surface area (Å²) in [6.07, 6.45) is 0. The van der Waals surface area contributed by atoms with Crippen molar-refractivity contribution in [1.82, 2.24) is 0 Å². The van der Waals surface area contributed by atoms with Crippen molar-refractivity contribution in [2.24, 2.45) is 0 Å². The zero-order valence-electron chi connectivity index (χ0n) is 10.2. The maximum atomic E-state index is 6.18. The Morgan fingerprint density at radius 1 is 1.11 bits per heavy atom. The van der Waals surface area contributed by atoms with E-state index in [2.05, 4.69) is 46.7 Å². The summed E-state index contributed by atoms with van der Waals surface area (Å²) in [5.41, 5.74) is 5.22. The van der Waals surface area contributed by atoms with Gasteiger partial charge in [-0.2, -0.15) is 0 Å². The van der Waals surface area contributed by atoms with Crippen LogP contribution in [0.25, 0.3) is 0 Å². The van der Waals surface area contributed by atoms with Gasteiger partial charge < -0.3 is 4.90 Å². The molecule has 3 heteroatoms. The summed E-state index contributed by atoms with van der Waals surface area (Å²) in [4.78, 5) is 2.34. The number of fused-ring (bicyclic) bond motifs is 3. The molecule has 0 saturated heterocycles. The van der Waals surface area contributed by atoms with E-state index in [0.717, 1.165) is 10.8 Å². The molecule has 0 spiro atoms. The topological polar surface area (TPSA) is 3.24 Å². The van der Waals surface area contributed by atoms with E-state index < -0.39 is 0 Å². The van der Waals surface area contributed by atoms with Crippen LogP contribution >= 0.6 is 23.4 Å². The Balaban J connectivity index is 1.93. The first-order chi connectivity index (χ1) is 9.34. The van der Waals surface area contributed by atoms with Gasteiger partial charge >= 0.3 is 0 Å². The average Bonchev–Trinajstić information content (AvgIpc) is 2.99. The second-order valence-electron chi connectivity index (χ2n) is 4.80. The fourth-order valence-corrected chi connectivity index (χ4v) is 4.11. The van der Waals surface area contributed by atoms with Crippen molar-refractivity contribution in [3.63, 3.8) is 0 Å². The Labute approximate surface area is 121 Å². The summed E-state index contributed by atoms with van der Waals surface area (Å²) in [7, 11) is 0. The molecule has 0 saturated carbocycles. The third-order valence-electron chi connectivity index (χ3n) is 3.71. The van der Waals surface area contributed by atoms with Gasteiger partial charge in [0.15, 0.2) is 0 Å². The van der Waals surface area contributed by atoms with Crippen molar-refractivity contribution in [1.29, 1.82) is 0 Å². The van der Waals surface area contributed by atoms with Crippen LogP contribution in [0.5, 0.6) is 0 Å². The van der Waals surface area contributed by atoms with E-state index in [1.165, 1.54) is 22.6 Å². The van der Waals surface area contributed by atoms with Crippen molar-refractivity contribution in [2.45, 2.75) is 5.92 Å². The maximum Gasteiger partial charge on any atom is 0.0512 e. The zero-order valence-corrected chi connectivity index (χ0v) is 11.8. The predicted octanol–water partition coefficient (Wildman–Crippen LogP) is 5.16. The zero-order chi connectivity index (χ0) is 12.8. The SMILES string of the molecule is Clc1ccc2c(c1)N(c1ccccc1)C1=CSCC12. The summed E-state index contributed by atoms with van der Waals surface area (Å²) in [6.45, 7) is 0. The number of halogens is 1. The molecule has 2 aromatic rings. The molecule has 0 fully saturated rings. The van der Waals surface area contributed by atoms with E-state index in [9.17, 15) is 0 Å². The third kappa shape index (κ3) is 1.71. The van der Waals surface area contributed by atoms with E-state index in [1.54, 1.807) is 0 Å². The molecular formula is C16H12ClNS. The second kappa shape index (κ2) is 4.32. The van der Waals surface area contributed by atoms with Gasteiger partial charge in [0.1, 0.15) is 0 Å². The van der Waals surface area contributed by atoms with Crippen LogP contribution in [0.1, 0.15) is 11.5 Å². The third-order valence-corrected chi connectivity index (χ3v) is 4.87. The lowest BCUT2D eigenvalue weighted by Gasteiger charge is -2.21. The van der Waals surface area contributed by atoms with E-state index in [-0.39, 0.29) is 0 Å². The van der Waals surface area contributed by atoms with Gasteiger partial charge in [-0.25, -0.2) is 0 Å². The Hall–Kier alpha value is -1.38. The van der Waals surface area contributed by atoms with Gasteiger partial charge in [0, 0.05) is 28.1 Å². The molecule has 4 rings (SSSR count). The average molecular weight is 286 g/mol. The molecule has 0 N–H and O–H groups in total. The van der Waals surface area contributed by atoms with Crippen LogP contribution in [0, 0.1) is 0 Å². The van der Waals surface area contributed by atoms with Crippen molar-refractivity contribution < 1.29 is 0 Å². The number of thioether (sulfide) groups is 1. The number of hydrogen-bond donors (Lipinski definition) is 0. The number of allylic oxidation sites excluding steroid dienone is 1. The van der Waals surface area contributed by atoms with Gasteiger partial charge in [-0.15, -0.1) is 11.8 Å². The highest BCUT2D eigenvalue weighted by molar-refractivity contribution is 8.02. The minimum Gasteiger partial charge on any atom is -0.313 e. The van der Waals surface area contributed by atoms with Crippen molar-refractivity contribution in [2.75, 3.05) is 10.7 Å². The highest BCUT2D eigenvalue weighted by Gasteiger charge is 2.37. The molecule has 1 unspecified atom stereocenters. The number of nitrogens with zero attached hydrogens (tertiary/aromatic N) is 1. The molecule has 0 radical (unpaired) electrons. The molecule has 0 aromatic heterocycles. The fraction of sp³-hybridized carbons (Fsp3) is 0.125. The number of rotatable bonds is 1. The fourth-order valence-electron chi connectivity index (χ4n) is 2.86. The molecular weight excluding hydrogens is 274 g/mol. The van der Waals surface area contributed by atoms with E-state index in [0.29, 0.717) is 5.92 Å². The van der Waals surface area contributed by atoms with Crippen LogP contribution in [0.15, 0.2) is 59.6 Å². The Morgan fingerprint density at radius 3 is 2.79 bits per heavy atom. The summed E-state index contributed by atoms with van der Waals surface area (Å²) < 4.78 is 0. The highest BCUT2D eigenvalue weighted by Crippen LogP contribution is 2.53. The molecule has 0 bridgehead atoms. The largest absolute Gasteiger partial charge is 0.313 e. The summed E-state index contributed by atoms with van der Waals surface area (Å²) in [5.74, 6) is 1.64. The van der Waals surface area contributed by atoms with Crippen molar-refractivity contribution >= 4 is 34.7 Å². The highest BCUT2D eigenvalue weighted by atomic mass is 35.5. The minimum absolute atomic E-state index is 0.512. The molecule has 2 heterocycles. The van der Waals surface area contributed by atoms with Crippen LogP contribution in [-0.4, -0.2) is 5.75 Å². The van der Waals surface area contributed by atoms with Crippen LogP contribution in [-0.2, 0) is 0 Å². The maximum absolute atomic E-state index is 6.18. The molecule has 2 aliphatic heterocycles. The first-order valence-electron chi connectivity index (χ1n) is 6.31. The van der Waals surface area contributed by atoms with Gasteiger partial charge in [-0.1, -0.05) is 35.9 Å². The second-order valence-corrected chi connectivity index (χ2v) is 6.14. The molecule has 0 aliphatic carbocycles. The molecule has 94 valence electrons. The Bertz CT molecular complexity index is 666. The first-order valence-corrected chi connectivity index (χ1v) is 7.73. The number of para-hydroxylation sites is 1. The summed E-state index contributed by atoms with van der Waals surface area (Å²) in [6, 6.07) is 16.8. The Kier molecular flexibility index (Phi) is 2.61. The Morgan fingerprint density at radius 2 is 1.95 bits per heavy atom. The lowest BCUT2D eigenvalue weighted by Crippen LogP contribution is -2.11. The monoisotopic (exact) mass is 285 g/mol. The molecule has 1 nitrogen and oxygen atoms in total. The summed E-state index contributed by atoms with van der Waals surface area (Å²) in [5, 5.41) is 3.08. The van der Waals surface area contributed by atoms with Crippen LogP contribution in [0.3, 0.4) is 0 Å². The smallest absolute Gasteiger partial charge is 0.0512 e. The van der Waals surface area contributed by atoms with Gasteiger partial charge in [0.05, 0.1) is 5.69 Å². The summed E-state index contributed by atoms with van der Waals surface area (Å²) >= 11 is 8.08. The van der Waals surface area contributed by atoms with Crippen LogP contribution < -0.4 is 4.90 Å². The molecule has 1 atom stereocenters. The van der Waals surface area contributed by atoms with Crippen LogP contribution in [0.4, 0.5) is 11.4 Å². The molecule has 19 heavy (non-hydrogen) atoms.